The Balaban J connectivity index is 2.05. The van der Waals surface area contributed by atoms with E-state index in [1.807, 2.05) is 0 Å². The largest absolute Gasteiger partial charge is 0.481 e. The number of carboxylic acid groups (broad SMARTS) is 1. The molecule has 0 spiro atoms. The Bertz CT molecular complexity index is 499. The number of aliphatic carboxylic acids is 1. The predicted molar refractivity (Wildman–Crippen MR) is 70.0 cm³/mol. The summed E-state index contributed by atoms with van der Waals surface area (Å²) in [4.78, 5) is 24.6. The number of piperidine rings is 1. The smallest absolute Gasteiger partial charge is 0.309 e. The second kappa shape index (κ2) is 6.02. The maximum atomic E-state index is 12.2. The van der Waals surface area contributed by atoms with Crippen LogP contribution < -0.4 is 0 Å². The maximum Gasteiger partial charge on any atom is 0.309 e. The van der Waals surface area contributed by atoms with Crippen LogP contribution in [0.3, 0.4) is 0 Å². The van der Waals surface area contributed by atoms with Gasteiger partial charge in [0.25, 0.3) is 5.91 Å². The molecular formula is C14H17NO5. The number of carbonyl (C=O) groups is 2. The first-order valence-corrected chi connectivity index (χ1v) is 6.43. The number of nitrogens with zero attached hydrogens (tertiary/aromatic N) is 1. The highest BCUT2D eigenvalue weighted by Crippen LogP contribution is 2.20. The Labute approximate surface area is 116 Å². The molecule has 1 saturated heterocycles. The van der Waals surface area contributed by atoms with E-state index < -0.39 is 18.0 Å². The summed E-state index contributed by atoms with van der Waals surface area (Å²) in [6.07, 6.45) is -0.793. The highest BCUT2D eigenvalue weighted by atomic mass is 16.4. The summed E-state index contributed by atoms with van der Waals surface area (Å²) in [5.41, 5.74) is 1.18. The van der Waals surface area contributed by atoms with Crippen molar-refractivity contribution < 1.29 is 24.9 Å². The third-order valence-corrected chi connectivity index (χ3v) is 3.57. The first kappa shape index (κ1) is 14.5. The number of hydrogen-bond acceptors (Lipinski definition) is 4. The molecule has 2 rings (SSSR count). The van der Waals surface area contributed by atoms with Gasteiger partial charge in [-0.15, -0.1) is 0 Å². The number of benzene rings is 1. The molecule has 1 aromatic rings. The van der Waals surface area contributed by atoms with Gasteiger partial charge in [0.1, 0.15) is 0 Å². The van der Waals surface area contributed by atoms with Gasteiger partial charge in [-0.2, -0.15) is 0 Å². The molecule has 0 aliphatic carbocycles. The van der Waals surface area contributed by atoms with Crippen molar-refractivity contribution in [3.05, 3.63) is 35.4 Å². The van der Waals surface area contributed by atoms with Gasteiger partial charge in [-0.3, -0.25) is 9.59 Å². The Morgan fingerprint density at radius 2 is 1.90 bits per heavy atom. The highest BCUT2D eigenvalue weighted by Gasteiger charge is 2.34. The van der Waals surface area contributed by atoms with Crippen LogP contribution >= 0.6 is 0 Å². The number of hydrogen-bond donors (Lipinski definition) is 3. The Hall–Kier alpha value is -1.92. The van der Waals surface area contributed by atoms with Gasteiger partial charge >= 0.3 is 5.97 Å². The second-order valence-electron chi connectivity index (χ2n) is 4.91. The highest BCUT2D eigenvalue weighted by molar-refractivity contribution is 5.94. The Morgan fingerprint density at radius 1 is 1.25 bits per heavy atom. The topological polar surface area (TPSA) is 98.1 Å². The van der Waals surface area contributed by atoms with Crippen LogP contribution in [0.4, 0.5) is 0 Å². The van der Waals surface area contributed by atoms with Gasteiger partial charge < -0.3 is 20.2 Å². The lowest BCUT2D eigenvalue weighted by Crippen LogP contribution is -2.48. The van der Waals surface area contributed by atoms with Crippen molar-refractivity contribution in [2.45, 2.75) is 19.1 Å². The monoisotopic (exact) mass is 279 g/mol. The quantitative estimate of drug-likeness (QED) is 0.728. The molecule has 1 amide bonds. The van der Waals surface area contributed by atoms with Crippen molar-refractivity contribution >= 4 is 11.9 Å². The van der Waals surface area contributed by atoms with E-state index in [0.29, 0.717) is 17.7 Å². The Kier molecular flexibility index (Phi) is 4.36. The molecule has 0 unspecified atom stereocenters. The van der Waals surface area contributed by atoms with Gasteiger partial charge in [-0.05, 0) is 24.1 Å². The molecule has 1 aliphatic rings. The van der Waals surface area contributed by atoms with Crippen LogP contribution in [0.2, 0.25) is 0 Å². The van der Waals surface area contributed by atoms with Crippen LogP contribution in [-0.2, 0) is 11.4 Å². The number of carbonyl (C=O) groups excluding carboxylic acids is 1. The van der Waals surface area contributed by atoms with Crippen molar-refractivity contribution in [2.75, 3.05) is 13.1 Å². The fraction of sp³-hybridized carbons (Fsp3) is 0.429. The SMILES string of the molecule is O=C(O)[C@H]1CCN(C(=O)c2ccc(CO)cc2)C[C@H]1O. The van der Waals surface area contributed by atoms with Crippen molar-refractivity contribution in [2.24, 2.45) is 5.92 Å². The predicted octanol–water partition coefficient (Wildman–Crippen LogP) is 0.0865. The molecule has 20 heavy (non-hydrogen) atoms. The third kappa shape index (κ3) is 2.97. The zero-order valence-corrected chi connectivity index (χ0v) is 10.9. The first-order valence-electron chi connectivity index (χ1n) is 6.43. The number of aliphatic hydroxyl groups excluding tert-OH is 2. The summed E-state index contributed by atoms with van der Waals surface area (Å²) in [6, 6.07) is 6.55. The molecule has 1 aliphatic heterocycles. The number of amides is 1. The van der Waals surface area contributed by atoms with Gasteiger partial charge in [0.15, 0.2) is 0 Å². The van der Waals surface area contributed by atoms with Gasteiger partial charge in [0.05, 0.1) is 18.6 Å². The van der Waals surface area contributed by atoms with Crippen molar-refractivity contribution in [3.63, 3.8) is 0 Å². The fourth-order valence-corrected chi connectivity index (χ4v) is 2.34. The standard InChI is InChI=1S/C14H17NO5/c16-8-9-1-3-10(4-2-9)13(18)15-6-5-11(14(19)20)12(17)7-15/h1-4,11-12,16-17H,5-8H2,(H,19,20)/t11-,12+/m0/s1. The molecule has 0 aromatic heterocycles. The lowest BCUT2D eigenvalue weighted by molar-refractivity contribution is -0.148. The van der Waals surface area contributed by atoms with Crippen LogP contribution in [0.15, 0.2) is 24.3 Å². The van der Waals surface area contributed by atoms with Crippen molar-refractivity contribution in [1.29, 1.82) is 0 Å². The van der Waals surface area contributed by atoms with E-state index in [1.165, 1.54) is 4.90 Å². The third-order valence-electron chi connectivity index (χ3n) is 3.57. The molecule has 0 saturated carbocycles. The summed E-state index contributed by atoms with van der Waals surface area (Å²) in [5, 5.41) is 27.6. The molecule has 3 N–H and O–H groups in total. The van der Waals surface area contributed by atoms with E-state index >= 15 is 0 Å². The minimum absolute atomic E-state index is 0.0253. The molecule has 0 radical (unpaired) electrons. The minimum atomic E-state index is -1.04. The summed E-state index contributed by atoms with van der Waals surface area (Å²) < 4.78 is 0. The average Bonchev–Trinajstić information content (AvgIpc) is 2.46. The van der Waals surface area contributed by atoms with Gasteiger partial charge in [0.2, 0.25) is 0 Å². The average molecular weight is 279 g/mol. The number of rotatable bonds is 3. The fourth-order valence-electron chi connectivity index (χ4n) is 2.34. The van der Waals surface area contributed by atoms with Crippen LogP contribution in [-0.4, -0.2) is 51.3 Å². The van der Waals surface area contributed by atoms with Gasteiger partial charge in [-0.1, -0.05) is 12.1 Å². The first-order chi connectivity index (χ1) is 9.52. The van der Waals surface area contributed by atoms with E-state index in [2.05, 4.69) is 0 Å². The van der Waals surface area contributed by atoms with E-state index in [4.69, 9.17) is 10.2 Å². The summed E-state index contributed by atoms with van der Waals surface area (Å²) in [7, 11) is 0. The zero-order valence-electron chi connectivity index (χ0n) is 10.9. The molecule has 1 fully saturated rings. The number of aliphatic hydroxyl groups is 2. The summed E-state index contributed by atoms with van der Waals surface area (Å²) >= 11 is 0. The van der Waals surface area contributed by atoms with Crippen LogP contribution in [0.1, 0.15) is 22.3 Å². The molecule has 6 nitrogen and oxygen atoms in total. The van der Waals surface area contributed by atoms with E-state index in [1.54, 1.807) is 24.3 Å². The van der Waals surface area contributed by atoms with E-state index in [0.717, 1.165) is 0 Å². The summed E-state index contributed by atoms with van der Waals surface area (Å²) in [6.45, 7) is 0.253. The lowest BCUT2D eigenvalue weighted by Gasteiger charge is -2.34. The van der Waals surface area contributed by atoms with Crippen LogP contribution in [0.5, 0.6) is 0 Å². The molecule has 1 heterocycles. The molecule has 0 bridgehead atoms. The number of likely N-dealkylation sites (tertiary alicyclic amines) is 1. The van der Waals surface area contributed by atoms with Crippen LogP contribution in [0.25, 0.3) is 0 Å². The minimum Gasteiger partial charge on any atom is -0.481 e. The molecule has 2 atom stereocenters. The Morgan fingerprint density at radius 3 is 2.40 bits per heavy atom. The zero-order chi connectivity index (χ0) is 14.7. The van der Waals surface area contributed by atoms with E-state index in [9.17, 15) is 14.7 Å². The molecule has 108 valence electrons. The van der Waals surface area contributed by atoms with Gasteiger partial charge in [0, 0.05) is 18.7 Å². The lowest BCUT2D eigenvalue weighted by atomic mass is 9.93. The van der Waals surface area contributed by atoms with Gasteiger partial charge in [-0.25, -0.2) is 0 Å². The van der Waals surface area contributed by atoms with Crippen molar-refractivity contribution in [3.8, 4) is 0 Å². The maximum absolute atomic E-state index is 12.2. The molecular weight excluding hydrogens is 262 g/mol. The molecule has 6 heteroatoms. The second-order valence-corrected chi connectivity index (χ2v) is 4.91. The summed E-state index contributed by atoms with van der Waals surface area (Å²) in [5.74, 6) is -2.08. The number of β-amino-alcohol motifs (C(OH)–C–C–N with tert-alkyl or cyclic N) is 1. The molecule has 1 aromatic carbocycles. The van der Waals surface area contributed by atoms with Crippen molar-refractivity contribution in [1.82, 2.24) is 4.90 Å². The van der Waals surface area contributed by atoms with E-state index in [-0.39, 0.29) is 25.5 Å². The normalized spacial score (nSPS) is 22.6. The number of carboxylic acids is 1. The van der Waals surface area contributed by atoms with Crippen LogP contribution in [0, 0.1) is 5.92 Å².